The molecule has 1 atom stereocenters. The Hall–Kier alpha value is -1.45. The maximum atomic E-state index is 12.2. The minimum absolute atomic E-state index is 0.411. The van der Waals surface area contributed by atoms with Gasteiger partial charge in [-0.15, -0.1) is 0 Å². The highest BCUT2D eigenvalue weighted by Crippen LogP contribution is 2.29. The zero-order valence-corrected chi connectivity index (χ0v) is 14.7. The molecule has 1 aliphatic heterocycles. The van der Waals surface area contributed by atoms with Crippen LogP contribution in [0.15, 0.2) is 11.8 Å². The first-order valence-electron chi connectivity index (χ1n) is 6.94. The Morgan fingerprint density at radius 1 is 1.26 bits per heavy atom. The lowest BCUT2D eigenvalue weighted by Gasteiger charge is -2.26. The number of ether oxygens (including phenoxy) is 1. The zero-order valence-electron chi connectivity index (χ0n) is 13.9. The molecular formula is C13H22F3NO5S. The molecular weight excluding hydrogens is 339 g/mol. The summed E-state index contributed by atoms with van der Waals surface area (Å²) in [5.41, 5.74) is -6.30. The molecule has 6 nitrogen and oxygen atoms in total. The average Bonchev–Trinajstić information content (AvgIpc) is 2.68. The molecule has 136 valence electrons. The molecule has 0 fully saturated rings. The van der Waals surface area contributed by atoms with E-state index in [9.17, 15) is 26.4 Å². The molecule has 1 unspecified atom stereocenters. The van der Waals surface area contributed by atoms with Crippen molar-refractivity contribution in [2.24, 2.45) is 0 Å². The monoisotopic (exact) mass is 361 g/mol. The van der Waals surface area contributed by atoms with Crippen LogP contribution in [0.3, 0.4) is 0 Å². The van der Waals surface area contributed by atoms with Crippen molar-refractivity contribution in [3.8, 4) is 0 Å². The quantitative estimate of drug-likeness (QED) is 0.557. The van der Waals surface area contributed by atoms with Gasteiger partial charge in [0.05, 0.1) is 12.6 Å². The topological polar surface area (TPSA) is 72.9 Å². The highest BCUT2D eigenvalue weighted by molar-refractivity contribution is 7.87. The van der Waals surface area contributed by atoms with E-state index in [4.69, 9.17) is 4.74 Å². The van der Waals surface area contributed by atoms with Gasteiger partial charge in [-0.1, -0.05) is 13.8 Å². The molecule has 1 rings (SSSR count). The van der Waals surface area contributed by atoms with Crippen LogP contribution in [-0.4, -0.2) is 43.1 Å². The van der Waals surface area contributed by atoms with E-state index >= 15 is 0 Å². The van der Waals surface area contributed by atoms with Gasteiger partial charge in [-0.3, -0.25) is 4.90 Å². The molecule has 0 saturated carbocycles. The van der Waals surface area contributed by atoms with Gasteiger partial charge >= 0.3 is 21.7 Å². The van der Waals surface area contributed by atoms with Crippen LogP contribution in [0.25, 0.3) is 0 Å². The van der Waals surface area contributed by atoms with Gasteiger partial charge < -0.3 is 8.92 Å². The summed E-state index contributed by atoms with van der Waals surface area (Å²) < 4.78 is 67.5. The van der Waals surface area contributed by atoms with Crippen molar-refractivity contribution in [3.63, 3.8) is 0 Å². The lowest BCUT2D eigenvalue weighted by Crippen LogP contribution is -2.39. The number of alkyl halides is 3. The van der Waals surface area contributed by atoms with E-state index in [0.29, 0.717) is 0 Å². The molecule has 0 N–H and O–H groups in total. The molecule has 23 heavy (non-hydrogen) atoms. The Labute approximate surface area is 134 Å². The Kier molecular flexibility index (Phi) is 6.95. The van der Waals surface area contributed by atoms with Gasteiger partial charge in [0.25, 0.3) is 0 Å². The molecule has 0 bridgehead atoms. The first-order chi connectivity index (χ1) is 10.2. The Balaban J connectivity index is 0.00000232. The van der Waals surface area contributed by atoms with Crippen LogP contribution < -0.4 is 0 Å². The smallest absolute Gasteiger partial charge is 0.444 e. The molecule has 0 radical (unpaired) electrons. The highest BCUT2D eigenvalue weighted by Gasteiger charge is 2.49. The van der Waals surface area contributed by atoms with Gasteiger partial charge in [0.1, 0.15) is 11.4 Å². The lowest BCUT2D eigenvalue weighted by molar-refractivity contribution is -0.0523. The molecule has 0 aliphatic carbocycles. The predicted molar refractivity (Wildman–Crippen MR) is 77.9 cm³/mol. The second kappa shape index (κ2) is 7.41. The number of carbonyl (C=O) groups is 1. The molecule has 0 spiro atoms. The van der Waals surface area contributed by atoms with E-state index in [1.54, 1.807) is 20.8 Å². The van der Waals surface area contributed by atoms with E-state index in [1.165, 1.54) is 6.92 Å². The summed E-state index contributed by atoms with van der Waals surface area (Å²) in [6, 6.07) is -0.640. The summed E-state index contributed by atoms with van der Waals surface area (Å²) in [7, 11) is -5.74. The van der Waals surface area contributed by atoms with Crippen molar-refractivity contribution in [1.29, 1.82) is 0 Å². The van der Waals surface area contributed by atoms with Gasteiger partial charge in [0, 0.05) is 0 Å². The second-order valence-electron chi connectivity index (χ2n) is 5.47. The van der Waals surface area contributed by atoms with E-state index < -0.39 is 45.7 Å². The summed E-state index contributed by atoms with van der Waals surface area (Å²) in [5, 5.41) is 0. The summed E-state index contributed by atoms with van der Waals surface area (Å²) in [4.78, 5) is 12.9. The Morgan fingerprint density at radius 2 is 1.74 bits per heavy atom. The third-order valence-corrected chi connectivity index (χ3v) is 3.37. The van der Waals surface area contributed by atoms with E-state index in [2.05, 4.69) is 4.18 Å². The van der Waals surface area contributed by atoms with Gasteiger partial charge in [-0.2, -0.15) is 21.6 Å². The van der Waals surface area contributed by atoms with Crippen molar-refractivity contribution in [2.45, 2.75) is 58.7 Å². The first-order valence-corrected chi connectivity index (χ1v) is 8.35. The average molecular weight is 361 g/mol. The van der Waals surface area contributed by atoms with Gasteiger partial charge in [0.2, 0.25) is 0 Å². The number of hydrogen-bond acceptors (Lipinski definition) is 5. The minimum Gasteiger partial charge on any atom is -0.444 e. The van der Waals surface area contributed by atoms with Crippen LogP contribution in [0.5, 0.6) is 0 Å². The van der Waals surface area contributed by atoms with Crippen molar-refractivity contribution < 1.29 is 35.3 Å². The van der Waals surface area contributed by atoms with Gasteiger partial charge in [-0.05, 0) is 33.8 Å². The van der Waals surface area contributed by atoms with E-state index in [-0.39, 0.29) is 0 Å². The van der Waals surface area contributed by atoms with E-state index in [1.807, 2.05) is 13.8 Å². The molecule has 0 saturated heterocycles. The molecule has 0 aromatic rings. The standard InChI is InChI=1S/C11H16F3NO5S.C2H6/c1-7-5-8(20-21(17,18)11(12,13)14)6-15(7)9(16)19-10(2,3)4;1-2/h5,7H,6H2,1-4H3;1-2H3. The van der Waals surface area contributed by atoms with Crippen LogP contribution in [0.2, 0.25) is 0 Å². The molecule has 0 aromatic heterocycles. The minimum atomic E-state index is -5.74. The van der Waals surface area contributed by atoms with Crippen LogP contribution >= 0.6 is 0 Å². The number of rotatable bonds is 2. The van der Waals surface area contributed by atoms with Crippen molar-refractivity contribution >= 4 is 16.2 Å². The van der Waals surface area contributed by atoms with Crippen LogP contribution in [0, 0.1) is 0 Å². The molecule has 1 aliphatic rings. The number of amides is 1. The second-order valence-corrected chi connectivity index (χ2v) is 7.00. The highest BCUT2D eigenvalue weighted by atomic mass is 32.2. The van der Waals surface area contributed by atoms with Crippen LogP contribution in [0.4, 0.5) is 18.0 Å². The van der Waals surface area contributed by atoms with Crippen molar-refractivity contribution in [2.75, 3.05) is 6.54 Å². The SMILES string of the molecule is CC.CC1C=C(OS(=O)(=O)C(F)(F)F)CN1C(=O)OC(C)(C)C. The summed E-state index contributed by atoms with van der Waals surface area (Å²) in [6.07, 6.45) is 0.349. The predicted octanol–water partition coefficient (Wildman–Crippen LogP) is 3.40. The number of halogens is 3. The largest absolute Gasteiger partial charge is 0.534 e. The van der Waals surface area contributed by atoms with Gasteiger partial charge in [0.15, 0.2) is 0 Å². The fraction of sp³-hybridized carbons (Fsp3) is 0.769. The molecule has 1 heterocycles. The first kappa shape index (κ1) is 21.6. The maximum Gasteiger partial charge on any atom is 0.534 e. The third-order valence-electron chi connectivity index (χ3n) is 2.37. The number of nitrogens with zero attached hydrogens (tertiary/aromatic N) is 1. The fourth-order valence-corrected chi connectivity index (χ4v) is 2.00. The molecule has 0 aromatic carbocycles. The van der Waals surface area contributed by atoms with Crippen LogP contribution in [0.1, 0.15) is 41.5 Å². The van der Waals surface area contributed by atoms with Crippen molar-refractivity contribution in [3.05, 3.63) is 11.8 Å². The van der Waals surface area contributed by atoms with Crippen LogP contribution in [-0.2, 0) is 19.0 Å². The normalized spacial score (nSPS) is 18.7. The lowest BCUT2D eigenvalue weighted by atomic mass is 10.2. The fourth-order valence-electron chi connectivity index (χ4n) is 1.52. The van der Waals surface area contributed by atoms with Gasteiger partial charge in [-0.25, -0.2) is 4.79 Å². The van der Waals surface area contributed by atoms with E-state index in [0.717, 1.165) is 11.0 Å². The molecule has 1 amide bonds. The Bertz CT molecular complexity index is 549. The maximum absolute atomic E-state index is 12.2. The summed E-state index contributed by atoms with van der Waals surface area (Å²) >= 11 is 0. The van der Waals surface area contributed by atoms with Crippen molar-refractivity contribution in [1.82, 2.24) is 4.90 Å². The summed E-state index contributed by atoms with van der Waals surface area (Å²) in [6.45, 7) is 9.98. The summed E-state index contributed by atoms with van der Waals surface area (Å²) in [5.74, 6) is -0.467. The molecule has 10 heteroatoms. The number of carbonyl (C=O) groups excluding carboxylic acids is 1. The third kappa shape index (κ3) is 6.28. The number of hydrogen-bond donors (Lipinski definition) is 0. The Morgan fingerprint density at radius 3 is 2.13 bits per heavy atom. The zero-order chi connectivity index (χ0) is 18.6.